The molecule has 0 spiro atoms. The molecule has 0 amide bonds. The zero-order chi connectivity index (χ0) is 19.5. The highest BCUT2D eigenvalue weighted by molar-refractivity contribution is 7.71. The number of rotatable bonds is 5. The molecule has 4 rings (SSSR count). The molecule has 144 valence electrons. The summed E-state index contributed by atoms with van der Waals surface area (Å²) in [4.78, 5) is 17.5. The number of aryl methyl sites for hydroxylation is 1. The molecule has 1 aliphatic heterocycles. The van der Waals surface area contributed by atoms with Crippen molar-refractivity contribution >= 4 is 18.0 Å². The summed E-state index contributed by atoms with van der Waals surface area (Å²) in [7, 11) is 0. The number of aromatic nitrogens is 2. The maximum Gasteiger partial charge on any atom is 0.258 e. The van der Waals surface area contributed by atoms with E-state index >= 15 is 0 Å². The van der Waals surface area contributed by atoms with E-state index in [-0.39, 0.29) is 11.4 Å². The number of benzene rings is 2. The van der Waals surface area contributed by atoms with Crippen molar-refractivity contribution in [2.45, 2.75) is 19.4 Å². The van der Waals surface area contributed by atoms with Crippen LogP contribution >= 0.6 is 12.2 Å². The standard InChI is InChI=1S/C21H21FN4OS/c22-16-8-10-17(11-9-16)26-19-18(20(27)24-21(26)28)13-25(14-23-19)12-4-7-15-5-2-1-3-6-15/h1-3,5-6,8-11,23H,4,7,12-14H2,(H,24,27,28). The van der Waals surface area contributed by atoms with Crippen LogP contribution in [0.5, 0.6) is 0 Å². The lowest BCUT2D eigenvalue weighted by Crippen LogP contribution is -2.39. The lowest BCUT2D eigenvalue weighted by molar-refractivity contribution is 0.269. The molecule has 28 heavy (non-hydrogen) atoms. The van der Waals surface area contributed by atoms with Gasteiger partial charge < -0.3 is 5.32 Å². The second-order valence-electron chi connectivity index (χ2n) is 6.87. The third-order valence-corrected chi connectivity index (χ3v) is 5.21. The highest BCUT2D eigenvalue weighted by Gasteiger charge is 2.22. The van der Waals surface area contributed by atoms with Crippen molar-refractivity contribution in [1.82, 2.24) is 14.5 Å². The number of fused-ring (bicyclic) bond motifs is 1. The molecular formula is C21H21FN4OS. The Hall–Kier alpha value is -2.77. The van der Waals surface area contributed by atoms with Gasteiger partial charge in [0.2, 0.25) is 0 Å². The van der Waals surface area contributed by atoms with E-state index in [4.69, 9.17) is 12.2 Å². The van der Waals surface area contributed by atoms with Crippen molar-refractivity contribution in [2.75, 3.05) is 18.5 Å². The third-order valence-electron chi connectivity index (χ3n) is 4.93. The van der Waals surface area contributed by atoms with E-state index in [1.165, 1.54) is 17.7 Å². The smallest absolute Gasteiger partial charge is 0.258 e. The molecule has 0 fully saturated rings. The zero-order valence-corrected chi connectivity index (χ0v) is 16.1. The first-order valence-electron chi connectivity index (χ1n) is 9.26. The first kappa shape index (κ1) is 18.6. The molecule has 2 aromatic carbocycles. The van der Waals surface area contributed by atoms with Crippen LogP contribution in [0.2, 0.25) is 0 Å². The van der Waals surface area contributed by atoms with Crippen LogP contribution < -0.4 is 10.9 Å². The van der Waals surface area contributed by atoms with Crippen LogP contribution in [-0.4, -0.2) is 27.7 Å². The van der Waals surface area contributed by atoms with Crippen molar-refractivity contribution in [2.24, 2.45) is 0 Å². The Labute approximate surface area is 167 Å². The van der Waals surface area contributed by atoms with Crippen LogP contribution in [0.4, 0.5) is 10.2 Å². The van der Waals surface area contributed by atoms with Gasteiger partial charge in [-0.25, -0.2) is 4.39 Å². The highest BCUT2D eigenvalue weighted by atomic mass is 32.1. The number of aromatic amines is 1. The monoisotopic (exact) mass is 396 g/mol. The number of hydrogen-bond acceptors (Lipinski definition) is 4. The molecule has 0 atom stereocenters. The normalized spacial score (nSPS) is 13.8. The molecule has 0 bridgehead atoms. The Bertz CT molecular complexity index is 1080. The van der Waals surface area contributed by atoms with E-state index < -0.39 is 0 Å². The quantitative estimate of drug-likeness (QED) is 0.643. The van der Waals surface area contributed by atoms with Gasteiger partial charge in [-0.2, -0.15) is 0 Å². The van der Waals surface area contributed by atoms with Crippen molar-refractivity contribution < 1.29 is 4.39 Å². The summed E-state index contributed by atoms with van der Waals surface area (Å²) < 4.78 is 15.3. The first-order valence-corrected chi connectivity index (χ1v) is 9.67. The van der Waals surface area contributed by atoms with Gasteiger partial charge in [-0.05, 0) is 54.9 Å². The molecule has 0 saturated carbocycles. The van der Waals surface area contributed by atoms with Gasteiger partial charge in [0.25, 0.3) is 5.56 Å². The van der Waals surface area contributed by atoms with Gasteiger partial charge in [-0.3, -0.25) is 19.2 Å². The largest absolute Gasteiger partial charge is 0.358 e. The van der Waals surface area contributed by atoms with Crippen molar-refractivity contribution in [3.63, 3.8) is 0 Å². The topological polar surface area (TPSA) is 53.1 Å². The summed E-state index contributed by atoms with van der Waals surface area (Å²) >= 11 is 5.35. The second-order valence-corrected chi connectivity index (χ2v) is 7.26. The van der Waals surface area contributed by atoms with E-state index in [1.54, 1.807) is 16.7 Å². The van der Waals surface area contributed by atoms with E-state index in [0.29, 0.717) is 35.1 Å². The van der Waals surface area contributed by atoms with Gasteiger partial charge >= 0.3 is 0 Å². The van der Waals surface area contributed by atoms with E-state index in [0.717, 1.165) is 19.4 Å². The molecule has 0 aliphatic carbocycles. The van der Waals surface area contributed by atoms with E-state index in [2.05, 4.69) is 27.3 Å². The van der Waals surface area contributed by atoms with Gasteiger partial charge in [-0.1, -0.05) is 30.3 Å². The molecule has 5 nitrogen and oxygen atoms in total. The summed E-state index contributed by atoms with van der Waals surface area (Å²) in [5.41, 5.74) is 2.49. The number of nitrogens with one attached hydrogen (secondary N) is 2. The summed E-state index contributed by atoms with van der Waals surface area (Å²) in [5, 5.41) is 3.33. The highest BCUT2D eigenvalue weighted by Crippen LogP contribution is 2.23. The van der Waals surface area contributed by atoms with Crippen molar-refractivity contribution in [1.29, 1.82) is 0 Å². The minimum atomic E-state index is -0.314. The van der Waals surface area contributed by atoms with Crippen molar-refractivity contribution in [3.8, 4) is 5.69 Å². The second kappa shape index (κ2) is 8.08. The van der Waals surface area contributed by atoms with E-state index in [1.807, 2.05) is 18.2 Å². The lowest BCUT2D eigenvalue weighted by atomic mass is 10.1. The van der Waals surface area contributed by atoms with Crippen LogP contribution in [-0.2, 0) is 13.0 Å². The molecular weight excluding hydrogens is 375 g/mol. The Morgan fingerprint density at radius 3 is 2.57 bits per heavy atom. The van der Waals surface area contributed by atoms with Crippen LogP contribution in [0.15, 0.2) is 59.4 Å². The average molecular weight is 396 g/mol. The molecule has 0 radical (unpaired) electrons. The Morgan fingerprint density at radius 1 is 1.07 bits per heavy atom. The molecule has 0 saturated heterocycles. The number of nitrogens with zero attached hydrogens (tertiary/aromatic N) is 2. The number of anilines is 1. The fraction of sp³-hybridized carbons (Fsp3) is 0.238. The third kappa shape index (κ3) is 3.90. The first-order chi connectivity index (χ1) is 13.6. The van der Waals surface area contributed by atoms with Crippen LogP contribution in [0.1, 0.15) is 17.5 Å². The maximum atomic E-state index is 13.3. The lowest BCUT2D eigenvalue weighted by Gasteiger charge is -2.31. The SMILES string of the molecule is O=c1[nH]c(=S)n(-c2ccc(F)cc2)c2c1CN(CCCc1ccccc1)CN2. The van der Waals surface area contributed by atoms with Crippen molar-refractivity contribution in [3.05, 3.63) is 86.7 Å². The predicted molar refractivity (Wildman–Crippen MR) is 111 cm³/mol. The molecule has 0 unspecified atom stereocenters. The Balaban J connectivity index is 1.54. The van der Waals surface area contributed by atoms with Crippen LogP contribution in [0.25, 0.3) is 5.69 Å². The number of H-pyrrole nitrogens is 1. The number of halogens is 1. The van der Waals surface area contributed by atoms with Gasteiger partial charge in [-0.15, -0.1) is 0 Å². The van der Waals surface area contributed by atoms with Crippen LogP contribution in [0, 0.1) is 10.6 Å². The summed E-state index contributed by atoms with van der Waals surface area (Å²) in [6.45, 7) is 2.05. The Morgan fingerprint density at radius 2 is 1.82 bits per heavy atom. The molecule has 3 aromatic rings. The molecule has 1 aromatic heterocycles. The Kier molecular flexibility index (Phi) is 5.36. The minimum absolute atomic E-state index is 0.182. The summed E-state index contributed by atoms with van der Waals surface area (Å²) in [5.74, 6) is 0.366. The van der Waals surface area contributed by atoms with Gasteiger partial charge in [0.1, 0.15) is 11.6 Å². The maximum absolute atomic E-state index is 13.3. The van der Waals surface area contributed by atoms with Gasteiger partial charge in [0, 0.05) is 18.8 Å². The van der Waals surface area contributed by atoms with E-state index in [9.17, 15) is 9.18 Å². The van der Waals surface area contributed by atoms with Gasteiger partial charge in [0.05, 0.1) is 12.2 Å². The summed E-state index contributed by atoms with van der Waals surface area (Å²) in [6, 6.07) is 16.4. The average Bonchev–Trinajstić information content (AvgIpc) is 2.70. The fourth-order valence-electron chi connectivity index (χ4n) is 3.52. The van der Waals surface area contributed by atoms with Crippen LogP contribution in [0.3, 0.4) is 0 Å². The fourth-order valence-corrected chi connectivity index (χ4v) is 3.81. The molecule has 1 aliphatic rings. The predicted octanol–water partition coefficient (Wildman–Crippen LogP) is 3.85. The zero-order valence-electron chi connectivity index (χ0n) is 15.3. The van der Waals surface area contributed by atoms with Gasteiger partial charge in [0.15, 0.2) is 4.77 Å². The molecule has 2 N–H and O–H groups in total. The summed E-state index contributed by atoms with van der Waals surface area (Å²) in [6.07, 6.45) is 2.01. The minimum Gasteiger partial charge on any atom is -0.358 e. The molecule has 2 heterocycles. The molecule has 7 heteroatoms. The number of hydrogen-bond donors (Lipinski definition) is 2.